The first-order chi connectivity index (χ1) is 8.36. The Labute approximate surface area is 105 Å². The van der Waals surface area contributed by atoms with E-state index in [0.29, 0.717) is 6.54 Å². The SMILES string of the molecule is COCCSc1c(CN)cnc2ccccc12. The van der Waals surface area contributed by atoms with Crippen LogP contribution in [0.1, 0.15) is 5.56 Å². The van der Waals surface area contributed by atoms with Gasteiger partial charge in [0.1, 0.15) is 0 Å². The monoisotopic (exact) mass is 248 g/mol. The van der Waals surface area contributed by atoms with Crippen molar-refractivity contribution >= 4 is 22.7 Å². The summed E-state index contributed by atoms with van der Waals surface area (Å²) in [6.45, 7) is 1.26. The van der Waals surface area contributed by atoms with E-state index in [-0.39, 0.29) is 0 Å². The van der Waals surface area contributed by atoms with Crippen LogP contribution in [0.15, 0.2) is 35.4 Å². The van der Waals surface area contributed by atoms with Crippen LogP contribution in [-0.4, -0.2) is 24.5 Å². The Kier molecular flexibility index (Phi) is 4.36. The summed E-state index contributed by atoms with van der Waals surface area (Å²) in [7, 11) is 1.72. The third-order valence-electron chi connectivity index (χ3n) is 2.55. The van der Waals surface area contributed by atoms with Gasteiger partial charge in [0, 0.05) is 35.9 Å². The summed E-state index contributed by atoms with van der Waals surface area (Å²) in [6, 6.07) is 8.15. The predicted molar refractivity (Wildman–Crippen MR) is 72.2 cm³/mol. The van der Waals surface area contributed by atoms with Gasteiger partial charge < -0.3 is 10.5 Å². The minimum atomic E-state index is 0.521. The summed E-state index contributed by atoms with van der Waals surface area (Å²) in [6.07, 6.45) is 1.87. The molecule has 0 unspecified atom stereocenters. The van der Waals surface area contributed by atoms with Crippen molar-refractivity contribution in [3.8, 4) is 0 Å². The second kappa shape index (κ2) is 6.00. The van der Waals surface area contributed by atoms with E-state index < -0.39 is 0 Å². The van der Waals surface area contributed by atoms with Crippen molar-refractivity contribution in [2.45, 2.75) is 11.4 Å². The molecule has 0 amide bonds. The number of aromatic nitrogens is 1. The molecule has 0 bridgehead atoms. The number of nitrogens with zero attached hydrogens (tertiary/aromatic N) is 1. The maximum Gasteiger partial charge on any atom is 0.0713 e. The molecular weight excluding hydrogens is 232 g/mol. The van der Waals surface area contributed by atoms with E-state index in [4.69, 9.17) is 10.5 Å². The predicted octanol–water partition coefficient (Wildman–Crippen LogP) is 2.43. The number of para-hydroxylation sites is 1. The standard InChI is InChI=1S/C13H16N2OS/c1-16-6-7-17-13-10(8-14)9-15-12-5-3-2-4-11(12)13/h2-5,9H,6-8,14H2,1H3. The summed E-state index contributed by atoms with van der Waals surface area (Å²) in [5.41, 5.74) is 7.88. The number of hydrogen-bond donors (Lipinski definition) is 1. The first-order valence-electron chi connectivity index (χ1n) is 5.55. The van der Waals surface area contributed by atoms with Crippen LogP contribution in [0.4, 0.5) is 0 Å². The van der Waals surface area contributed by atoms with Gasteiger partial charge in [-0.15, -0.1) is 11.8 Å². The summed E-state index contributed by atoms with van der Waals surface area (Å²) in [5.74, 6) is 0.928. The van der Waals surface area contributed by atoms with Crippen LogP contribution in [0, 0.1) is 0 Å². The molecule has 1 aromatic heterocycles. The number of rotatable bonds is 5. The van der Waals surface area contributed by atoms with Crippen molar-refractivity contribution < 1.29 is 4.74 Å². The Hall–Kier alpha value is -1.10. The molecular formula is C13H16N2OS. The molecule has 2 rings (SSSR count). The number of nitrogens with two attached hydrogens (primary N) is 1. The average molecular weight is 248 g/mol. The minimum absolute atomic E-state index is 0.521. The molecule has 0 saturated carbocycles. The van der Waals surface area contributed by atoms with E-state index in [1.54, 1.807) is 18.9 Å². The lowest BCUT2D eigenvalue weighted by Gasteiger charge is -2.10. The van der Waals surface area contributed by atoms with Crippen molar-refractivity contribution in [1.29, 1.82) is 0 Å². The van der Waals surface area contributed by atoms with E-state index in [9.17, 15) is 0 Å². The first kappa shape index (κ1) is 12.4. The third-order valence-corrected chi connectivity index (χ3v) is 3.70. The average Bonchev–Trinajstić information content (AvgIpc) is 2.39. The smallest absolute Gasteiger partial charge is 0.0713 e. The highest BCUT2D eigenvalue weighted by Crippen LogP contribution is 2.29. The lowest BCUT2D eigenvalue weighted by molar-refractivity contribution is 0.218. The van der Waals surface area contributed by atoms with Crippen molar-refractivity contribution in [2.75, 3.05) is 19.5 Å². The Morgan fingerprint density at radius 1 is 1.35 bits per heavy atom. The molecule has 4 heteroatoms. The van der Waals surface area contributed by atoms with Crippen molar-refractivity contribution in [3.63, 3.8) is 0 Å². The highest BCUT2D eigenvalue weighted by atomic mass is 32.2. The molecule has 1 aromatic carbocycles. The van der Waals surface area contributed by atoms with Crippen LogP contribution >= 0.6 is 11.8 Å². The number of benzene rings is 1. The lowest BCUT2D eigenvalue weighted by Crippen LogP contribution is -2.01. The minimum Gasteiger partial charge on any atom is -0.384 e. The van der Waals surface area contributed by atoms with Gasteiger partial charge in [0.05, 0.1) is 12.1 Å². The van der Waals surface area contributed by atoms with Gasteiger partial charge in [-0.1, -0.05) is 18.2 Å². The molecule has 17 heavy (non-hydrogen) atoms. The number of pyridine rings is 1. The Balaban J connectivity index is 2.40. The molecule has 0 atom stereocenters. The van der Waals surface area contributed by atoms with Gasteiger partial charge in [0.2, 0.25) is 0 Å². The third kappa shape index (κ3) is 2.77. The molecule has 0 aliphatic carbocycles. The highest BCUT2D eigenvalue weighted by molar-refractivity contribution is 7.99. The van der Waals surface area contributed by atoms with Gasteiger partial charge in [-0.3, -0.25) is 4.98 Å². The number of thioether (sulfide) groups is 1. The molecule has 0 aliphatic heterocycles. The van der Waals surface area contributed by atoms with Crippen LogP contribution < -0.4 is 5.73 Å². The molecule has 3 nitrogen and oxygen atoms in total. The molecule has 0 radical (unpaired) electrons. The van der Waals surface area contributed by atoms with Crippen molar-refractivity contribution in [2.24, 2.45) is 5.73 Å². The molecule has 0 fully saturated rings. The molecule has 1 heterocycles. The van der Waals surface area contributed by atoms with Crippen LogP contribution in [0.3, 0.4) is 0 Å². The number of fused-ring (bicyclic) bond motifs is 1. The molecule has 0 saturated heterocycles. The van der Waals surface area contributed by atoms with Gasteiger partial charge in [-0.2, -0.15) is 0 Å². The van der Waals surface area contributed by atoms with Gasteiger partial charge in [-0.25, -0.2) is 0 Å². The van der Waals surface area contributed by atoms with E-state index in [1.165, 1.54) is 10.3 Å². The van der Waals surface area contributed by atoms with Crippen molar-refractivity contribution in [1.82, 2.24) is 4.98 Å². The van der Waals surface area contributed by atoms with Crippen LogP contribution in [0.2, 0.25) is 0 Å². The van der Waals surface area contributed by atoms with E-state index in [2.05, 4.69) is 11.1 Å². The van der Waals surface area contributed by atoms with Crippen LogP contribution in [-0.2, 0) is 11.3 Å². The normalized spacial score (nSPS) is 10.9. The maximum absolute atomic E-state index is 5.76. The van der Waals surface area contributed by atoms with Gasteiger partial charge >= 0.3 is 0 Å². The fourth-order valence-corrected chi connectivity index (χ4v) is 2.80. The molecule has 90 valence electrons. The Morgan fingerprint density at radius 3 is 2.94 bits per heavy atom. The van der Waals surface area contributed by atoms with Crippen LogP contribution in [0.5, 0.6) is 0 Å². The summed E-state index contributed by atoms with van der Waals surface area (Å²) in [5, 5.41) is 1.18. The summed E-state index contributed by atoms with van der Waals surface area (Å²) < 4.78 is 5.08. The number of ether oxygens (including phenoxy) is 1. The number of methoxy groups -OCH3 is 1. The fraction of sp³-hybridized carbons (Fsp3) is 0.308. The second-order valence-electron chi connectivity index (χ2n) is 3.68. The number of hydrogen-bond acceptors (Lipinski definition) is 4. The Bertz CT molecular complexity index is 502. The Morgan fingerprint density at radius 2 is 2.18 bits per heavy atom. The summed E-state index contributed by atoms with van der Waals surface area (Å²) in [4.78, 5) is 5.65. The molecule has 2 N–H and O–H groups in total. The highest BCUT2D eigenvalue weighted by Gasteiger charge is 2.07. The zero-order valence-corrected chi connectivity index (χ0v) is 10.7. The van der Waals surface area contributed by atoms with E-state index in [0.717, 1.165) is 23.4 Å². The van der Waals surface area contributed by atoms with Gasteiger partial charge in [0.25, 0.3) is 0 Å². The zero-order valence-electron chi connectivity index (χ0n) is 9.85. The first-order valence-corrected chi connectivity index (χ1v) is 6.53. The van der Waals surface area contributed by atoms with Crippen LogP contribution in [0.25, 0.3) is 10.9 Å². The van der Waals surface area contributed by atoms with Gasteiger partial charge in [-0.05, 0) is 11.6 Å². The summed E-state index contributed by atoms with van der Waals surface area (Å²) >= 11 is 1.78. The maximum atomic E-state index is 5.76. The zero-order chi connectivity index (χ0) is 12.1. The van der Waals surface area contributed by atoms with E-state index in [1.807, 2.05) is 24.4 Å². The topological polar surface area (TPSA) is 48.1 Å². The van der Waals surface area contributed by atoms with E-state index >= 15 is 0 Å². The van der Waals surface area contributed by atoms with Gasteiger partial charge in [0.15, 0.2) is 0 Å². The second-order valence-corrected chi connectivity index (χ2v) is 4.78. The lowest BCUT2D eigenvalue weighted by atomic mass is 10.1. The van der Waals surface area contributed by atoms with Crippen molar-refractivity contribution in [3.05, 3.63) is 36.0 Å². The quantitative estimate of drug-likeness (QED) is 0.652. The fourth-order valence-electron chi connectivity index (χ4n) is 1.70. The molecule has 0 aliphatic rings. The largest absolute Gasteiger partial charge is 0.384 e. The molecule has 0 spiro atoms. The molecule has 2 aromatic rings.